The second-order valence-corrected chi connectivity index (χ2v) is 10.3. The second-order valence-electron chi connectivity index (χ2n) is 10.3. The van der Waals surface area contributed by atoms with Crippen LogP contribution in [0.15, 0.2) is 36.4 Å². The normalized spacial score (nSPS) is 19.4. The molecule has 1 fully saturated rings. The van der Waals surface area contributed by atoms with E-state index in [1.165, 1.54) is 0 Å². The van der Waals surface area contributed by atoms with Crippen LogP contribution in [0.2, 0.25) is 0 Å². The first-order chi connectivity index (χ1) is 17.8. The Bertz CT molecular complexity index is 1500. The number of nitrogens with zero attached hydrogens (tertiary/aromatic N) is 3. The number of hydrogen-bond acceptors (Lipinski definition) is 3. The number of alkyl halides is 2. The molecule has 2 aromatic heterocycles. The van der Waals surface area contributed by atoms with Crippen molar-refractivity contribution in [1.29, 1.82) is 0 Å². The summed E-state index contributed by atoms with van der Waals surface area (Å²) in [5.41, 5.74) is 5.22. The average Bonchev–Trinajstić information content (AvgIpc) is 3.41. The summed E-state index contributed by atoms with van der Waals surface area (Å²) in [5, 5.41) is 10.4. The van der Waals surface area contributed by atoms with E-state index in [1.54, 1.807) is 12.1 Å². The van der Waals surface area contributed by atoms with Crippen LogP contribution in [0.1, 0.15) is 60.6 Å². The highest BCUT2D eigenvalue weighted by Gasteiger charge is 2.37. The molecule has 4 aromatic rings. The average molecular weight is 508 g/mol. The molecular formula is C29H31F2N3O3. The monoisotopic (exact) mass is 507 g/mol. The molecule has 0 bridgehead atoms. The Morgan fingerprint density at radius 1 is 1.16 bits per heavy atom. The van der Waals surface area contributed by atoms with E-state index in [0.717, 1.165) is 77.9 Å². The van der Waals surface area contributed by atoms with Gasteiger partial charge in [0.05, 0.1) is 22.7 Å². The third-order valence-electron chi connectivity index (χ3n) is 7.97. The van der Waals surface area contributed by atoms with Gasteiger partial charge < -0.3 is 19.0 Å². The zero-order chi connectivity index (χ0) is 25.7. The Hall–Kier alpha value is -3.26. The van der Waals surface area contributed by atoms with Crippen LogP contribution in [0.3, 0.4) is 0 Å². The highest BCUT2D eigenvalue weighted by Crippen LogP contribution is 2.40. The molecule has 8 heteroatoms. The largest absolute Gasteiger partial charge is 0.478 e. The van der Waals surface area contributed by atoms with Crippen molar-refractivity contribution in [2.45, 2.75) is 77.0 Å². The number of hydrogen-bond donors (Lipinski definition) is 1. The number of imidazole rings is 1. The zero-order valence-electron chi connectivity index (χ0n) is 21.0. The molecule has 2 aromatic carbocycles. The molecular weight excluding hydrogens is 476 g/mol. The number of ether oxygens (including phenoxy) is 1. The van der Waals surface area contributed by atoms with E-state index in [-0.39, 0.29) is 24.5 Å². The lowest BCUT2D eigenvalue weighted by atomic mass is 9.92. The van der Waals surface area contributed by atoms with Gasteiger partial charge in [-0.2, -0.15) is 0 Å². The molecule has 6 rings (SSSR count). The summed E-state index contributed by atoms with van der Waals surface area (Å²) in [7, 11) is 0. The van der Waals surface area contributed by atoms with Gasteiger partial charge in [-0.3, -0.25) is 0 Å². The topological polar surface area (TPSA) is 69.3 Å². The lowest BCUT2D eigenvalue weighted by molar-refractivity contribution is -0.0125. The van der Waals surface area contributed by atoms with Crippen molar-refractivity contribution in [3.8, 4) is 11.4 Å². The molecule has 6 nitrogen and oxygen atoms in total. The minimum atomic E-state index is -2.70. The van der Waals surface area contributed by atoms with E-state index < -0.39 is 11.9 Å². The molecule has 0 radical (unpaired) electrons. The van der Waals surface area contributed by atoms with Crippen molar-refractivity contribution >= 4 is 27.9 Å². The Balaban J connectivity index is 1.48. The molecule has 1 atom stereocenters. The fourth-order valence-electron chi connectivity index (χ4n) is 6.13. The van der Waals surface area contributed by atoms with Gasteiger partial charge in [0, 0.05) is 54.7 Å². The minimum Gasteiger partial charge on any atom is -0.478 e. The second kappa shape index (κ2) is 9.24. The molecule has 2 aliphatic rings. The molecule has 1 N–H and O–H groups in total. The molecule has 0 amide bonds. The first-order valence-electron chi connectivity index (χ1n) is 13.2. The third-order valence-corrected chi connectivity index (χ3v) is 7.97. The van der Waals surface area contributed by atoms with Gasteiger partial charge in [-0.1, -0.05) is 0 Å². The fraction of sp³-hybridized carbons (Fsp3) is 0.448. The van der Waals surface area contributed by atoms with Gasteiger partial charge in [-0.25, -0.2) is 18.6 Å². The molecule has 1 aliphatic heterocycles. The van der Waals surface area contributed by atoms with E-state index in [2.05, 4.69) is 9.13 Å². The molecule has 0 saturated carbocycles. The van der Waals surface area contributed by atoms with Crippen LogP contribution in [-0.4, -0.2) is 43.8 Å². The van der Waals surface area contributed by atoms with Crippen LogP contribution in [0.25, 0.3) is 33.3 Å². The number of benzene rings is 2. The maximum absolute atomic E-state index is 14.4. The van der Waals surface area contributed by atoms with Gasteiger partial charge in [0.25, 0.3) is 5.92 Å². The van der Waals surface area contributed by atoms with Gasteiger partial charge in [0.1, 0.15) is 5.82 Å². The Morgan fingerprint density at radius 3 is 2.76 bits per heavy atom. The maximum Gasteiger partial charge on any atom is 0.335 e. The standard InChI is InChI=1S/C29H31F2N3O3/c1-2-33-24-8-6-18(15-21(24)22-17-29(30,31)12-10-25(22)33)27-32-23-16-19(28(35)36)7-9-26(23)34(27)13-11-20-5-3-4-14-37-20/h6-9,15-16,20H,2-5,10-14,17H2,1H3,(H,35,36). The Kier molecular flexibility index (Phi) is 6.02. The molecule has 3 heterocycles. The van der Waals surface area contributed by atoms with Crippen molar-refractivity contribution in [1.82, 2.24) is 14.1 Å². The van der Waals surface area contributed by atoms with E-state index >= 15 is 0 Å². The van der Waals surface area contributed by atoms with Crippen molar-refractivity contribution in [3.63, 3.8) is 0 Å². The maximum atomic E-state index is 14.4. The van der Waals surface area contributed by atoms with Gasteiger partial charge in [0.15, 0.2) is 0 Å². The van der Waals surface area contributed by atoms with E-state index in [1.807, 2.05) is 31.2 Å². The zero-order valence-corrected chi connectivity index (χ0v) is 21.0. The van der Waals surface area contributed by atoms with E-state index in [4.69, 9.17) is 9.72 Å². The number of carboxylic acid groups (broad SMARTS) is 1. The summed E-state index contributed by atoms with van der Waals surface area (Å²) >= 11 is 0. The van der Waals surface area contributed by atoms with Gasteiger partial charge in [-0.05, 0) is 81.0 Å². The summed E-state index contributed by atoms with van der Waals surface area (Å²) < 4.78 is 39.1. The van der Waals surface area contributed by atoms with Gasteiger partial charge in [0.2, 0.25) is 0 Å². The van der Waals surface area contributed by atoms with Crippen LogP contribution in [0, 0.1) is 0 Å². The number of fused-ring (bicyclic) bond motifs is 4. The molecule has 1 saturated heterocycles. The van der Waals surface area contributed by atoms with Crippen LogP contribution in [0.5, 0.6) is 0 Å². The Morgan fingerprint density at radius 2 is 2.00 bits per heavy atom. The van der Waals surface area contributed by atoms with Crippen molar-refractivity contribution < 1.29 is 23.4 Å². The highest BCUT2D eigenvalue weighted by molar-refractivity contribution is 5.94. The predicted octanol–water partition coefficient (Wildman–Crippen LogP) is 6.46. The van der Waals surface area contributed by atoms with Crippen molar-refractivity contribution in [2.75, 3.05) is 6.61 Å². The lowest BCUT2D eigenvalue weighted by Crippen LogP contribution is -2.26. The van der Waals surface area contributed by atoms with Crippen LogP contribution in [-0.2, 0) is 30.7 Å². The minimum absolute atomic E-state index is 0.117. The quantitative estimate of drug-likeness (QED) is 0.325. The fourth-order valence-corrected chi connectivity index (χ4v) is 6.13. The first-order valence-corrected chi connectivity index (χ1v) is 13.2. The number of carboxylic acids is 1. The number of carbonyl (C=O) groups is 1. The molecule has 37 heavy (non-hydrogen) atoms. The summed E-state index contributed by atoms with van der Waals surface area (Å²) in [6.07, 6.45) is 4.31. The molecule has 0 spiro atoms. The summed E-state index contributed by atoms with van der Waals surface area (Å²) in [6, 6.07) is 11.0. The number of aromatic nitrogens is 3. The number of aromatic carboxylic acids is 1. The molecule has 1 unspecified atom stereocenters. The third kappa shape index (κ3) is 4.31. The highest BCUT2D eigenvalue weighted by atomic mass is 19.3. The predicted molar refractivity (Wildman–Crippen MR) is 138 cm³/mol. The smallest absolute Gasteiger partial charge is 0.335 e. The molecule has 194 valence electrons. The summed E-state index contributed by atoms with van der Waals surface area (Å²) in [4.78, 5) is 16.5. The first kappa shape index (κ1) is 24.1. The SMILES string of the molecule is CCn1c2c(c3cc(-c4nc5cc(C(=O)O)ccc5n4CCC4CCCCO4)ccc31)CC(F)(F)CC2. The van der Waals surface area contributed by atoms with Crippen LogP contribution >= 0.6 is 0 Å². The van der Waals surface area contributed by atoms with Gasteiger partial charge >= 0.3 is 5.97 Å². The van der Waals surface area contributed by atoms with Crippen molar-refractivity contribution in [2.24, 2.45) is 0 Å². The van der Waals surface area contributed by atoms with Crippen LogP contribution < -0.4 is 0 Å². The van der Waals surface area contributed by atoms with Crippen molar-refractivity contribution in [3.05, 3.63) is 53.2 Å². The molecule has 1 aliphatic carbocycles. The number of halogens is 2. The van der Waals surface area contributed by atoms with Gasteiger partial charge in [-0.15, -0.1) is 0 Å². The van der Waals surface area contributed by atoms with Crippen LogP contribution in [0.4, 0.5) is 8.78 Å². The number of aryl methyl sites for hydroxylation is 2. The lowest BCUT2D eigenvalue weighted by Gasteiger charge is -2.23. The van der Waals surface area contributed by atoms with E-state index in [0.29, 0.717) is 18.5 Å². The number of rotatable bonds is 6. The summed E-state index contributed by atoms with van der Waals surface area (Å²) in [5.74, 6) is -2.98. The van der Waals surface area contributed by atoms with E-state index in [9.17, 15) is 18.7 Å². The summed E-state index contributed by atoms with van der Waals surface area (Å²) in [6.45, 7) is 4.24. The Labute approximate surface area is 213 Å².